The van der Waals surface area contributed by atoms with Crippen LogP contribution < -0.4 is 5.32 Å². The van der Waals surface area contributed by atoms with Gasteiger partial charge in [0.15, 0.2) is 0 Å². The zero-order valence-electron chi connectivity index (χ0n) is 14.2. The Hall–Kier alpha value is -1.35. The van der Waals surface area contributed by atoms with Gasteiger partial charge in [0.05, 0.1) is 0 Å². The lowest BCUT2D eigenvalue weighted by Gasteiger charge is -2.43. The predicted octanol–water partition coefficient (Wildman–Crippen LogP) is 3.24. The number of hydrogen-bond acceptors (Lipinski definition) is 2. The molecule has 3 unspecified atom stereocenters. The Bertz CT molecular complexity index is 460. The molecule has 1 N–H and O–H groups in total. The van der Waals surface area contributed by atoms with Crippen LogP contribution in [0.15, 0.2) is 30.3 Å². The van der Waals surface area contributed by atoms with Gasteiger partial charge in [0.1, 0.15) is 0 Å². The lowest BCUT2D eigenvalue weighted by atomic mass is 9.87. The van der Waals surface area contributed by atoms with E-state index in [9.17, 15) is 4.79 Å². The topological polar surface area (TPSA) is 32.3 Å². The second-order valence-electron chi connectivity index (χ2n) is 6.53. The molecule has 2 rings (SSSR count). The van der Waals surface area contributed by atoms with E-state index in [2.05, 4.69) is 54.4 Å². The molecule has 1 aromatic rings. The normalized spacial score (nSPS) is 25.9. The Morgan fingerprint density at radius 3 is 2.64 bits per heavy atom. The van der Waals surface area contributed by atoms with Crippen LogP contribution in [0.3, 0.4) is 0 Å². The van der Waals surface area contributed by atoms with Crippen molar-refractivity contribution in [1.82, 2.24) is 10.2 Å². The van der Waals surface area contributed by atoms with Gasteiger partial charge in [0.25, 0.3) is 0 Å². The molecule has 0 spiro atoms. The number of piperidine rings is 1. The quantitative estimate of drug-likeness (QED) is 0.875. The maximum Gasteiger partial charge on any atom is 0.219 e. The van der Waals surface area contributed by atoms with Crippen molar-refractivity contribution >= 4 is 5.91 Å². The Morgan fingerprint density at radius 2 is 2.00 bits per heavy atom. The van der Waals surface area contributed by atoms with Gasteiger partial charge in [-0.25, -0.2) is 0 Å². The fourth-order valence-corrected chi connectivity index (χ4v) is 3.45. The minimum atomic E-state index is 0.185. The maximum absolute atomic E-state index is 11.7. The van der Waals surface area contributed by atoms with E-state index in [0.29, 0.717) is 24.4 Å². The van der Waals surface area contributed by atoms with Crippen LogP contribution in [0.2, 0.25) is 0 Å². The van der Waals surface area contributed by atoms with Gasteiger partial charge in [-0.15, -0.1) is 0 Å². The molecule has 1 aliphatic rings. The van der Waals surface area contributed by atoms with Crippen molar-refractivity contribution in [1.29, 1.82) is 0 Å². The number of likely N-dealkylation sites (tertiary alicyclic amines) is 1. The summed E-state index contributed by atoms with van der Waals surface area (Å²) in [5, 5.41) is 3.21. The molecule has 1 fully saturated rings. The lowest BCUT2D eigenvalue weighted by molar-refractivity contribution is -0.122. The molecule has 1 heterocycles. The molecule has 0 radical (unpaired) electrons. The van der Waals surface area contributed by atoms with Gasteiger partial charge in [-0.3, -0.25) is 9.69 Å². The summed E-state index contributed by atoms with van der Waals surface area (Å²) in [7, 11) is 0. The molecule has 1 aliphatic heterocycles. The largest absolute Gasteiger partial charge is 0.353 e. The number of carbonyl (C=O) groups is 1. The first-order valence-corrected chi connectivity index (χ1v) is 8.71. The Kier molecular flexibility index (Phi) is 6.44. The minimum absolute atomic E-state index is 0.185. The summed E-state index contributed by atoms with van der Waals surface area (Å²) in [6.45, 7) is 8.64. The summed E-state index contributed by atoms with van der Waals surface area (Å²) in [5.41, 5.74) is 1.41. The van der Waals surface area contributed by atoms with Crippen molar-refractivity contribution in [3.8, 4) is 0 Å². The second-order valence-corrected chi connectivity index (χ2v) is 6.53. The summed E-state index contributed by atoms with van der Waals surface area (Å²) < 4.78 is 0. The number of rotatable bonds is 6. The number of amides is 1. The van der Waals surface area contributed by atoms with Crippen molar-refractivity contribution in [2.45, 2.75) is 58.5 Å². The highest BCUT2D eigenvalue weighted by Gasteiger charge is 2.32. The molecule has 0 aliphatic carbocycles. The molecule has 0 bridgehead atoms. The zero-order valence-corrected chi connectivity index (χ0v) is 14.2. The molecule has 22 heavy (non-hydrogen) atoms. The van der Waals surface area contributed by atoms with Crippen molar-refractivity contribution in [3.05, 3.63) is 35.9 Å². The van der Waals surface area contributed by atoms with Crippen molar-refractivity contribution < 1.29 is 4.79 Å². The van der Waals surface area contributed by atoms with Crippen LogP contribution in [-0.4, -0.2) is 36.0 Å². The average molecular weight is 302 g/mol. The van der Waals surface area contributed by atoms with Crippen LogP contribution in [0.4, 0.5) is 0 Å². The number of benzene rings is 1. The van der Waals surface area contributed by atoms with Gasteiger partial charge >= 0.3 is 0 Å². The molecular weight excluding hydrogens is 272 g/mol. The molecular formula is C19H30N2O. The van der Waals surface area contributed by atoms with Gasteiger partial charge < -0.3 is 5.32 Å². The summed E-state index contributed by atoms with van der Waals surface area (Å²) in [6, 6.07) is 11.6. The van der Waals surface area contributed by atoms with E-state index in [1.165, 1.54) is 5.56 Å². The summed E-state index contributed by atoms with van der Waals surface area (Å²) in [6.07, 6.45) is 3.92. The third kappa shape index (κ3) is 4.57. The zero-order chi connectivity index (χ0) is 15.9. The van der Waals surface area contributed by atoms with Gasteiger partial charge in [-0.2, -0.15) is 0 Å². The van der Waals surface area contributed by atoms with E-state index in [4.69, 9.17) is 0 Å². The van der Waals surface area contributed by atoms with Crippen LogP contribution in [0.25, 0.3) is 0 Å². The average Bonchev–Trinajstić information content (AvgIpc) is 2.55. The van der Waals surface area contributed by atoms with Gasteiger partial charge in [-0.1, -0.05) is 51.1 Å². The van der Waals surface area contributed by atoms with Gasteiger partial charge in [0.2, 0.25) is 5.91 Å². The van der Waals surface area contributed by atoms with Gasteiger partial charge in [0, 0.05) is 31.6 Å². The SMILES string of the molecule is CCC(=O)NC1CC(CC)N(CCc2ccccc2)CC1C. The van der Waals surface area contributed by atoms with E-state index in [1.807, 2.05) is 6.92 Å². The Balaban J connectivity index is 1.91. The summed E-state index contributed by atoms with van der Waals surface area (Å²) in [4.78, 5) is 14.3. The fraction of sp³-hybridized carbons (Fsp3) is 0.632. The highest BCUT2D eigenvalue weighted by molar-refractivity contribution is 5.75. The molecule has 1 amide bonds. The van der Waals surface area contributed by atoms with Crippen molar-refractivity contribution in [2.75, 3.05) is 13.1 Å². The van der Waals surface area contributed by atoms with Crippen LogP contribution in [-0.2, 0) is 11.2 Å². The fourth-order valence-electron chi connectivity index (χ4n) is 3.45. The van der Waals surface area contributed by atoms with E-state index < -0.39 is 0 Å². The van der Waals surface area contributed by atoms with Crippen LogP contribution >= 0.6 is 0 Å². The first-order chi connectivity index (χ1) is 10.6. The standard InChI is InChI=1S/C19H30N2O/c1-4-17-13-18(20-19(22)5-2)15(3)14-21(17)12-11-16-9-7-6-8-10-16/h6-10,15,17-18H,4-5,11-14H2,1-3H3,(H,20,22). The number of carbonyl (C=O) groups excluding carboxylic acids is 1. The molecule has 3 heteroatoms. The molecule has 1 aromatic carbocycles. The lowest BCUT2D eigenvalue weighted by Crippen LogP contribution is -2.54. The highest BCUT2D eigenvalue weighted by atomic mass is 16.1. The molecule has 0 saturated carbocycles. The van der Waals surface area contributed by atoms with E-state index in [1.54, 1.807) is 0 Å². The maximum atomic E-state index is 11.7. The summed E-state index contributed by atoms with van der Waals surface area (Å²) >= 11 is 0. The van der Waals surface area contributed by atoms with E-state index in [-0.39, 0.29) is 5.91 Å². The van der Waals surface area contributed by atoms with Crippen LogP contribution in [0, 0.1) is 5.92 Å². The van der Waals surface area contributed by atoms with Crippen LogP contribution in [0.1, 0.15) is 45.6 Å². The molecule has 3 nitrogen and oxygen atoms in total. The smallest absolute Gasteiger partial charge is 0.219 e. The first kappa shape index (κ1) is 17.0. The monoisotopic (exact) mass is 302 g/mol. The number of nitrogens with one attached hydrogen (secondary N) is 1. The number of nitrogens with zero attached hydrogens (tertiary/aromatic N) is 1. The van der Waals surface area contributed by atoms with Crippen LogP contribution in [0.5, 0.6) is 0 Å². The van der Waals surface area contributed by atoms with Crippen molar-refractivity contribution in [2.24, 2.45) is 5.92 Å². The van der Waals surface area contributed by atoms with Crippen molar-refractivity contribution in [3.63, 3.8) is 0 Å². The second kappa shape index (κ2) is 8.33. The molecule has 1 saturated heterocycles. The third-order valence-electron chi connectivity index (χ3n) is 4.92. The molecule has 0 aromatic heterocycles. The van der Waals surface area contributed by atoms with E-state index in [0.717, 1.165) is 32.4 Å². The Labute approximate surface area is 135 Å². The molecule has 122 valence electrons. The number of hydrogen-bond donors (Lipinski definition) is 1. The predicted molar refractivity (Wildman–Crippen MR) is 91.8 cm³/mol. The first-order valence-electron chi connectivity index (χ1n) is 8.71. The molecule has 3 atom stereocenters. The minimum Gasteiger partial charge on any atom is -0.353 e. The van der Waals surface area contributed by atoms with Gasteiger partial charge in [-0.05, 0) is 30.7 Å². The van der Waals surface area contributed by atoms with E-state index >= 15 is 0 Å². The Morgan fingerprint density at radius 1 is 1.27 bits per heavy atom. The summed E-state index contributed by atoms with van der Waals surface area (Å²) in [5.74, 6) is 0.707. The highest BCUT2D eigenvalue weighted by Crippen LogP contribution is 2.24. The third-order valence-corrected chi connectivity index (χ3v) is 4.92.